The van der Waals surface area contributed by atoms with Crippen molar-refractivity contribution in [2.45, 2.75) is 12.6 Å². The zero-order valence-electron chi connectivity index (χ0n) is 8.87. The first-order chi connectivity index (χ1) is 7.86. The Labute approximate surface area is 94.8 Å². The van der Waals surface area contributed by atoms with E-state index in [-0.39, 0.29) is 19.3 Å². The van der Waals surface area contributed by atoms with Crippen LogP contribution >= 0.6 is 0 Å². The molecule has 0 aromatic carbocycles. The smallest absolute Gasteiger partial charge is 0.119 e. The molecule has 1 atom stereocenters. The van der Waals surface area contributed by atoms with Crippen molar-refractivity contribution >= 4 is 0 Å². The van der Waals surface area contributed by atoms with E-state index in [2.05, 4.69) is 22.0 Å². The fourth-order valence-electron chi connectivity index (χ4n) is 1.12. The van der Waals surface area contributed by atoms with Gasteiger partial charge < -0.3 is 14.0 Å². The standard InChI is InChI=1S/C11H13N3O2/c1-3-5-15-8-11(16-6-4-2)7-14-9-12-13-10-14/h1-2,9-11H,5-8H2. The molecule has 1 rings (SSSR count). The molecular weight excluding hydrogens is 206 g/mol. The van der Waals surface area contributed by atoms with Gasteiger partial charge in [-0.15, -0.1) is 23.0 Å². The van der Waals surface area contributed by atoms with Gasteiger partial charge in [0, 0.05) is 0 Å². The van der Waals surface area contributed by atoms with Gasteiger partial charge in [0.2, 0.25) is 0 Å². The minimum Gasteiger partial charge on any atom is -0.366 e. The summed E-state index contributed by atoms with van der Waals surface area (Å²) in [6.45, 7) is 1.48. The van der Waals surface area contributed by atoms with Crippen molar-refractivity contribution in [1.82, 2.24) is 14.8 Å². The molecule has 16 heavy (non-hydrogen) atoms. The van der Waals surface area contributed by atoms with Gasteiger partial charge in [0.25, 0.3) is 0 Å². The number of aromatic nitrogens is 3. The fourth-order valence-corrected chi connectivity index (χ4v) is 1.12. The number of nitrogens with zero attached hydrogens (tertiary/aromatic N) is 3. The minimum atomic E-state index is -0.152. The number of rotatable bonds is 7. The Morgan fingerprint density at radius 2 is 1.88 bits per heavy atom. The molecule has 0 spiro atoms. The first kappa shape index (κ1) is 12.3. The molecule has 0 aliphatic heterocycles. The second-order valence-electron chi connectivity index (χ2n) is 3.02. The zero-order chi connectivity index (χ0) is 11.6. The van der Waals surface area contributed by atoms with Gasteiger partial charge in [-0.1, -0.05) is 11.8 Å². The first-order valence-corrected chi connectivity index (χ1v) is 4.75. The molecule has 0 saturated carbocycles. The monoisotopic (exact) mass is 219 g/mol. The lowest BCUT2D eigenvalue weighted by molar-refractivity contribution is -0.00376. The lowest BCUT2D eigenvalue weighted by Crippen LogP contribution is -2.25. The second kappa shape index (κ2) is 7.47. The van der Waals surface area contributed by atoms with E-state index in [9.17, 15) is 0 Å². The molecule has 0 fully saturated rings. The molecule has 0 N–H and O–H groups in total. The molecule has 1 aromatic heterocycles. The maximum absolute atomic E-state index is 5.41. The van der Waals surface area contributed by atoms with Crippen molar-refractivity contribution in [1.29, 1.82) is 0 Å². The molecule has 0 radical (unpaired) electrons. The molecule has 0 aliphatic rings. The van der Waals surface area contributed by atoms with Gasteiger partial charge in [-0.25, -0.2) is 0 Å². The third kappa shape index (κ3) is 4.61. The summed E-state index contributed by atoms with van der Waals surface area (Å²) < 4.78 is 12.4. The molecule has 84 valence electrons. The zero-order valence-corrected chi connectivity index (χ0v) is 8.87. The summed E-state index contributed by atoms with van der Waals surface area (Å²) in [6.07, 6.45) is 13.3. The third-order valence-corrected chi connectivity index (χ3v) is 1.77. The molecule has 1 heterocycles. The maximum atomic E-state index is 5.41. The Kier molecular flexibility index (Phi) is 5.72. The summed E-state index contributed by atoms with van der Waals surface area (Å²) in [5.74, 6) is 4.80. The van der Waals surface area contributed by atoms with Gasteiger partial charge in [-0.3, -0.25) is 0 Å². The Balaban J connectivity index is 2.38. The van der Waals surface area contributed by atoms with Gasteiger partial charge in [0.1, 0.15) is 32.0 Å². The molecular formula is C11H13N3O2. The van der Waals surface area contributed by atoms with Crippen molar-refractivity contribution in [2.75, 3.05) is 19.8 Å². The summed E-state index contributed by atoms with van der Waals surface area (Å²) in [4.78, 5) is 0. The normalized spacial score (nSPS) is 11.6. The predicted molar refractivity (Wildman–Crippen MR) is 58.2 cm³/mol. The van der Waals surface area contributed by atoms with Gasteiger partial charge >= 0.3 is 0 Å². The van der Waals surface area contributed by atoms with Crippen LogP contribution in [0.5, 0.6) is 0 Å². The summed E-state index contributed by atoms with van der Waals surface area (Å²) in [5, 5.41) is 7.39. The molecule has 0 bridgehead atoms. The van der Waals surface area contributed by atoms with Crippen LogP contribution in [-0.2, 0) is 16.0 Å². The van der Waals surface area contributed by atoms with E-state index in [1.54, 1.807) is 17.2 Å². The van der Waals surface area contributed by atoms with Crippen LogP contribution < -0.4 is 0 Å². The molecule has 5 heteroatoms. The van der Waals surface area contributed by atoms with E-state index < -0.39 is 0 Å². The summed E-state index contributed by atoms with van der Waals surface area (Å²) >= 11 is 0. The van der Waals surface area contributed by atoms with Crippen LogP contribution in [0.2, 0.25) is 0 Å². The Bertz CT molecular complexity index is 362. The quantitative estimate of drug-likeness (QED) is 0.476. The second-order valence-corrected chi connectivity index (χ2v) is 3.02. The van der Waals surface area contributed by atoms with Crippen molar-refractivity contribution < 1.29 is 9.47 Å². The average Bonchev–Trinajstić information content (AvgIpc) is 2.78. The highest BCUT2D eigenvalue weighted by molar-refractivity contribution is 4.84. The minimum absolute atomic E-state index is 0.152. The number of hydrogen-bond acceptors (Lipinski definition) is 4. The van der Waals surface area contributed by atoms with Gasteiger partial charge in [0.15, 0.2) is 0 Å². The van der Waals surface area contributed by atoms with E-state index in [0.717, 1.165) is 0 Å². The first-order valence-electron chi connectivity index (χ1n) is 4.75. The van der Waals surface area contributed by atoms with Crippen molar-refractivity contribution in [3.8, 4) is 24.7 Å². The Morgan fingerprint density at radius 3 is 2.50 bits per heavy atom. The molecule has 0 saturated heterocycles. The summed E-state index contributed by atoms with van der Waals surface area (Å²) in [7, 11) is 0. The van der Waals surface area contributed by atoms with Gasteiger partial charge in [0.05, 0.1) is 13.2 Å². The highest BCUT2D eigenvalue weighted by Crippen LogP contribution is 1.98. The average molecular weight is 219 g/mol. The van der Waals surface area contributed by atoms with Crippen molar-refractivity contribution in [2.24, 2.45) is 0 Å². The van der Waals surface area contributed by atoms with Gasteiger partial charge in [-0.05, 0) is 0 Å². The molecule has 0 amide bonds. The molecule has 5 nitrogen and oxygen atoms in total. The van der Waals surface area contributed by atoms with Crippen LogP contribution in [0, 0.1) is 24.7 Å². The van der Waals surface area contributed by atoms with Crippen molar-refractivity contribution in [3.05, 3.63) is 12.7 Å². The van der Waals surface area contributed by atoms with Crippen LogP contribution in [0.3, 0.4) is 0 Å². The van der Waals surface area contributed by atoms with E-state index in [4.69, 9.17) is 22.3 Å². The fraction of sp³-hybridized carbons (Fsp3) is 0.455. The summed E-state index contributed by atoms with van der Waals surface area (Å²) in [5.41, 5.74) is 0. The largest absolute Gasteiger partial charge is 0.366 e. The molecule has 1 unspecified atom stereocenters. The highest BCUT2D eigenvalue weighted by atomic mass is 16.5. The number of hydrogen-bond donors (Lipinski definition) is 0. The number of terminal acetylenes is 2. The van der Waals surface area contributed by atoms with Crippen LogP contribution in [-0.4, -0.2) is 40.7 Å². The van der Waals surface area contributed by atoms with Crippen LogP contribution in [0.25, 0.3) is 0 Å². The Morgan fingerprint density at radius 1 is 1.19 bits per heavy atom. The maximum Gasteiger partial charge on any atom is 0.119 e. The highest BCUT2D eigenvalue weighted by Gasteiger charge is 2.09. The van der Waals surface area contributed by atoms with E-state index in [0.29, 0.717) is 13.2 Å². The third-order valence-electron chi connectivity index (χ3n) is 1.77. The molecule has 0 aliphatic carbocycles. The Hall–Kier alpha value is -1.82. The molecule has 1 aromatic rings. The summed E-state index contributed by atoms with van der Waals surface area (Å²) in [6, 6.07) is 0. The van der Waals surface area contributed by atoms with Crippen molar-refractivity contribution in [3.63, 3.8) is 0 Å². The predicted octanol–water partition coefficient (Wildman–Crippen LogP) is -0.0537. The SMILES string of the molecule is C#CCOCC(Cn1cnnc1)OCC#C. The van der Waals surface area contributed by atoms with E-state index in [1.165, 1.54) is 0 Å². The van der Waals surface area contributed by atoms with E-state index in [1.807, 2.05) is 0 Å². The van der Waals surface area contributed by atoms with Gasteiger partial charge in [-0.2, -0.15) is 0 Å². The van der Waals surface area contributed by atoms with Crippen LogP contribution in [0.4, 0.5) is 0 Å². The lowest BCUT2D eigenvalue weighted by atomic mass is 10.3. The number of ether oxygens (including phenoxy) is 2. The van der Waals surface area contributed by atoms with Crippen LogP contribution in [0.15, 0.2) is 12.7 Å². The van der Waals surface area contributed by atoms with E-state index >= 15 is 0 Å². The topological polar surface area (TPSA) is 49.2 Å². The van der Waals surface area contributed by atoms with Crippen LogP contribution in [0.1, 0.15) is 0 Å². The lowest BCUT2D eigenvalue weighted by Gasteiger charge is -2.16.